The predicted octanol–water partition coefficient (Wildman–Crippen LogP) is 5.40. The molecule has 11 nitrogen and oxygen atoms in total. The van der Waals surface area contributed by atoms with Crippen molar-refractivity contribution in [3.63, 3.8) is 0 Å². The van der Waals surface area contributed by atoms with Gasteiger partial charge in [0.25, 0.3) is 0 Å². The van der Waals surface area contributed by atoms with E-state index < -0.39 is 30.7 Å². The highest BCUT2D eigenvalue weighted by Gasteiger charge is 2.48. The summed E-state index contributed by atoms with van der Waals surface area (Å²) in [6.07, 6.45) is 4.62. The Labute approximate surface area is 246 Å². The van der Waals surface area contributed by atoms with Crippen LogP contribution in [0.5, 0.6) is 0 Å². The Morgan fingerprint density at radius 1 is 0.833 bits per heavy atom. The van der Waals surface area contributed by atoms with Gasteiger partial charge in [0, 0.05) is 37.6 Å². The van der Waals surface area contributed by atoms with Crippen LogP contribution < -0.4 is 0 Å². The minimum Gasteiger partial charge on any atom is -0.379 e. The molecule has 1 aliphatic heterocycles. The normalized spacial score (nSPS) is 22.0. The number of aromatic nitrogens is 2. The standard InChI is InChI=1S/C31H39N5O6/c1-37-31-30(40-21-25-13-7-3-8-14-25)29(39-20-24-11-5-2-6-12-24)28(41-22-26-19-33-16-17-34-26)27(42-31)23-38-18-10-4-9-15-35-36-32/h2-3,5-8,11-14,16-17,19,27-31H,4,9-10,15,18,20-23H2,1H3/t27-,28-,29+,30-,31-/m1/s1. The minimum atomic E-state index is -0.705. The van der Waals surface area contributed by atoms with Crippen molar-refractivity contribution < 1.29 is 28.4 Å². The Hall–Kier alpha value is -3.41. The van der Waals surface area contributed by atoms with Crippen molar-refractivity contribution >= 4 is 0 Å². The lowest BCUT2D eigenvalue weighted by Crippen LogP contribution is -2.61. The van der Waals surface area contributed by atoms with E-state index in [0.29, 0.717) is 32.1 Å². The molecule has 4 rings (SSSR count). The highest BCUT2D eigenvalue weighted by Crippen LogP contribution is 2.31. The fourth-order valence-electron chi connectivity index (χ4n) is 4.70. The third-order valence-corrected chi connectivity index (χ3v) is 6.83. The lowest BCUT2D eigenvalue weighted by molar-refractivity contribution is -0.323. The third-order valence-electron chi connectivity index (χ3n) is 6.83. The van der Waals surface area contributed by atoms with Gasteiger partial charge in [0.05, 0.1) is 38.3 Å². The number of azide groups is 1. The van der Waals surface area contributed by atoms with Crippen LogP contribution in [0.15, 0.2) is 84.4 Å². The summed E-state index contributed by atoms with van der Waals surface area (Å²) in [4.78, 5) is 11.3. The molecule has 0 radical (unpaired) electrons. The largest absolute Gasteiger partial charge is 0.379 e. The lowest BCUT2D eigenvalue weighted by Gasteiger charge is -2.45. The van der Waals surface area contributed by atoms with Crippen molar-refractivity contribution in [3.8, 4) is 0 Å². The van der Waals surface area contributed by atoms with Gasteiger partial charge in [-0.15, -0.1) is 0 Å². The summed E-state index contributed by atoms with van der Waals surface area (Å²) < 4.78 is 37.7. The van der Waals surface area contributed by atoms with E-state index in [0.717, 1.165) is 30.4 Å². The summed E-state index contributed by atoms with van der Waals surface area (Å²) in [6.45, 7) is 2.23. The van der Waals surface area contributed by atoms with Gasteiger partial charge in [-0.25, -0.2) is 0 Å². The van der Waals surface area contributed by atoms with E-state index >= 15 is 0 Å². The molecular weight excluding hydrogens is 538 g/mol. The van der Waals surface area contributed by atoms with Crippen molar-refractivity contribution in [1.82, 2.24) is 9.97 Å². The van der Waals surface area contributed by atoms with Gasteiger partial charge in [-0.05, 0) is 29.5 Å². The monoisotopic (exact) mass is 577 g/mol. The average Bonchev–Trinajstić information content (AvgIpc) is 3.04. The molecule has 3 aromatic rings. The van der Waals surface area contributed by atoms with E-state index in [1.165, 1.54) is 0 Å². The fourth-order valence-corrected chi connectivity index (χ4v) is 4.70. The fraction of sp³-hybridized carbons (Fsp3) is 0.484. The van der Waals surface area contributed by atoms with Crippen LogP contribution in [0.1, 0.15) is 36.1 Å². The molecule has 0 unspecified atom stereocenters. The number of methoxy groups -OCH3 is 1. The van der Waals surface area contributed by atoms with Crippen LogP contribution in [0.25, 0.3) is 10.4 Å². The van der Waals surface area contributed by atoms with Gasteiger partial charge in [0.1, 0.15) is 24.4 Å². The van der Waals surface area contributed by atoms with E-state index in [1.807, 2.05) is 60.7 Å². The van der Waals surface area contributed by atoms with Crippen LogP contribution in [0.2, 0.25) is 0 Å². The van der Waals surface area contributed by atoms with E-state index in [1.54, 1.807) is 25.7 Å². The Morgan fingerprint density at radius 3 is 2.17 bits per heavy atom. The third kappa shape index (κ3) is 10.1. The number of rotatable bonds is 18. The molecule has 0 amide bonds. The molecule has 0 aliphatic carbocycles. The second kappa shape index (κ2) is 18.2. The summed E-state index contributed by atoms with van der Waals surface area (Å²) in [6, 6.07) is 19.9. The zero-order chi connectivity index (χ0) is 29.2. The van der Waals surface area contributed by atoms with Gasteiger partial charge >= 0.3 is 0 Å². The minimum absolute atomic E-state index is 0.214. The van der Waals surface area contributed by atoms with E-state index in [9.17, 15) is 0 Å². The molecule has 0 N–H and O–H groups in total. The number of hydrogen-bond donors (Lipinski definition) is 0. The first-order valence-corrected chi connectivity index (χ1v) is 14.2. The van der Waals surface area contributed by atoms with Crippen molar-refractivity contribution in [2.75, 3.05) is 26.9 Å². The second-order valence-electron chi connectivity index (χ2n) is 9.86. The van der Waals surface area contributed by atoms with Crippen molar-refractivity contribution in [3.05, 3.63) is 107 Å². The van der Waals surface area contributed by atoms with Gasteiger partial charge in [0.2, 0.25) is 0 Å². The van der Waals surface area contributed by atoms with Gasteiger partial charge in [0.15, 0.2) is 6.29 Å². The van der Waals surface area contributed by atoms with Crippen LogP contribution in [0.3, 0.4) is 0 Å². The first-order valence-electron chi connectivity index (χ1n) is 14.2. The lowest BCUT2D eigenvalue weighted by atomic mass is 9.98. The zero-order valence-electron chi connectivity index (χ0n) is 23.9. The van der Waals surface area contributed by atoms with Gasteiger partial charge in [-0.1, -0.05) is 72.2 Å². The number of ether oxygens (including phenoxy) is 6. The highest BCUT2D eigenvalue weighted by molar-refractivity contribution is 5.14. The number of unbranched alkanes of at least 4 members (excludes halogenated alkanes) is 2. The van der Waals surface area contributed by atoms with Crippen LogP contribution in [0, 0.1) is 0 Å². The van der Waals surface area contributed by atoms with Gasteiger partial charge in [-0.3, -0.25) is 9.97 Å². The number of hydrogen-bond acceptors (Lipinski definition) is 9. The quantitative estimate of drug-likeness (QED) is 0.0850. The maximum Gasteiger partial charge on any atom is 0.186 e. The summed E-state index contributed by atoms with van der Waals surface area (Å²) in [7, 11) is 1.60. The molecule has 1 saturated heterocycles. The molecule has 0 bridgehead atoms. The van der Waals surface area contributed by atoms with Crippen molar-refractivity contribution in [1.29, 1.82) is 0 Å². The molecule has 0 saturated carbocycles. The number of benzene rings is 2. The van der Waals surface area contributed by atoms with E-state index in [-0.39, 0.29) is 13.2 Å². The molecular formula is C31H39N5O6. The molecule has 5 atom stereocenters. The Balaban J connectivity index is 1.51. The first kappa shape index (κ1) is 31.5. The van der Waals surface area contributed by atoms with Gasteiger partial charge in [-0.2, -0.15) is 0 Å². The van der Waals surface area contributed by atoms with Crippen LogP contribution in [-0.4, -0.2) is 67.5 Å². The predicted molar refractivity (Wildman–Crippen MR) is 155 cm³/mol. The van der Waals surface area contributed by atoms with Crippen molar-refractivity contribution in [2.45, 2.75) is 69.8 Å². The molecule has 2 heterocycles. The van der Waals surface area contributed by atoms with E-state index in [4.69, 9.17) is 34.0 Å². The Bertz CT molecular complexity index is 1190. The molecule has 2 aromatic carbocycles. The topological polar surface area (TPSA) is 130 Å². The SMILES string of the molecule is CO[C@@H]1O[C@H](COCCCCCN=[N+]=[N-])[C@@H](OCc2cnccn2)[C@H](OCc2ccccc2)[C@H]1OCc1ccccc1. The molecule has 11 heteroatoms. The maximum atomic E-state index is 8.44. The molecule has 1 fully saturated rings. The van der Waals surface area contributed by atoms with Crippen LogP contribution in [-0.2, 0) is 48.2 Å². The van der Waals surface area contributed by atoms with Crippen molar-refractivity contribution in [2.24, 2.45) is 5.11 Å². The first-order chi connectivity index (χ1) is 20.8. The average molecular weight is 578 g/mol. The summed E-state index contributed by atoms with van der Waals surface area (Å²) in [5.41, 5.74) is 11.2. The Morgan fingerprint density at radius 2 is 1.52 bits per heavy atom. The smallest absolute Gasteiger partial charge is 0.186 e. The maximum absolute atomic E-state index is 8.44. The van der Waals surface area contributed by atoms with Crippen LogP contribution in [0.4, 0.5) is 0 Å². The second-order valence-corrected chi connectivity index (χ2v) is 9.86. The highest BCUT2D eigenvalue weighted by atomic mass is 16.7. The summed E-state index contributed by atoms with van der Waals surface area (Å²) in [5, 5.41) is 3.58. The molecule has 1 aliphatic rings. The Kier molecular flexibility index (Phi) is 13.7. The zero-order valence-corrected chi connectivity index (χ0v) is 23.9. The van der Waals surface area contributed by atoms with Crippen LogP contribution >= 0.6 is 0 Å². The molecule has 42 heavy (non-hydrogen) atoms. The molecule has 1 aromatic heterocycles. The van der Waals surface area contributed by atoms with Gasteiger partial charge < -0.3 is 28.4 Å². The molecule has 0 spiro atoms. The number of nitrogens with zero attached hydrogens (tertiary/aromatic N) is 5. The molecule has 224 valence electrons. The summed E-state index contributed by atoms with van der Waals surface area (Å²) >= 11 is 0. The summed E-state index contributed by atoms with van der Waals surface area (Å²) in [5.74, 6) is 0. The van der Waals surface area contributed by atoms with E-state index in [2.05, 4.69) is 20.0 Å².